The van der Waals surface area contributed by atoms with Gasteiger partial charge in [0.25, 0.3) is 0 Å². The number of hydrogen-bond donors (Lipinski definition) is 2. The molecule has 0 bridgehead atoms. The normalized spacial score (nSPS) is 13.2. The van der Waals surface area contributed by atoms with Gasteiger partial charge in [-0.15, -0.1) is 0 Å². The van der Waals surface area contributed by atoms with Gasteiger partial charge in [-0.05, 0) is 59.8 Å². The van der Waals surface area contributed by atoms with E-state index < -0.39 is 0 Å². The van der Waals surface area contributed by atoms with E-state index in [9.17, 15) is 10.2 Å². The van der Waals surface area contributed by atoms with E-state index in [1.165, 1.54) is 9.81 Å². The van der Waals surface area contributed by atoms with Gasteiger partial charge in [0.2, 0.25) is 0 Å². The fourth-order valence-corrected chi connectivity index (χ4v) is 6.35. The molecule has 0 saturated heterocycles. The summed E-state index contributed by atoms with van der Waals surface area (Å²) in [6, 6.07) is 8.60. The smallest absolute Gasteiger partial charge is 0.123 e. The molecule has 2 aromatic carbocycles. The standard InChI is InChI=1S/C32H48O2S2/c1-19(2)28(35-20-15-22(29(3,4)5)26(33)23(16-20)30(6,7)8)36-21-17-24(31(9,10)11)27(34)25(18-21)32(12,13)14/h15-18,33-34H,1-14H3. The van der Waals surface area contributed by atoms with Gasteiger partial charge in [0.15, 0.2) is 0 Å². The lowest BCUT2D eigenvalue weighted by Crippen LogP contribution is -2.17. The number of aromatic hydroxyl groups is 2. The fourth-order valence-electron chi connectivity index (χ4n) is 4.06. The summed E-state index contributed by atoms with van der Waals surface area (Å²) >= 11 is 3.52. The van der Waals surface area contributed by atoms with Crippen LogP contribution in [0, 0.1) is 0 Å². The molecular formula is C32H48O2S2. The van der Waals surface area contributed by atoms with Gasteiger partial charge in [-0.2, -0.15) is 0 Å². The van der Waals surface area contributed by atoms with Crippen LogP contribution in [0.1, 0.15) is 119 Å². The minimum atomic E-state index is -0.168. The van der Waals surface area contributed by atoms with Gasteiger partial charge in [0.1, 0.15) is 11.5 Å². The van der Waals surface area contributed by atoms with Gasteiger partial charge in [-0.25, -0.2) is 0 Å². The van der Waals surface area contributed by atoms with Crippen molar-refractivity contribution in [3.63, 3.8) is 0 Å². The number of phenols is 2. The molecule has 4 heteroatoms. The number of thioether (sulfide) groups is 2. The fraction of sp³-hybridized carbons (Fsp3) is 0.562. The van der Waals surface area contributed by atoms with Crippen LogP contribution in [0.2, 0.25) is 0 Å². The second kappa shape index (κ2) is 10.3. The third kappa shape index (κ3) is 7.28. The highest BCUT2D eigenvalue weighted by atomic mass is 32.2. The molecule has 0 amide bonds. The van der Waals surface area contributed by atoms with Crippen molar-refractivity contribution in [1.82, 2.24) is 0 Å². The zero-order chi connectivity index (χ0) is 28.0. The molecule has 0 heterocycles. The van der Waals surface area contributed by atoms with Gasteiger partial charge in [-0.3, -0.25) is 0 Å². The maximum absolute atomic E-state index is 11.2. The molecule has 2 rings (SSSR count). The van der Waals surface area contributed by atoms with E-state index in [4.69, 9.17) is 0 Å². The van der Waals surface area contributed by atoms with Crippen molar-refractivity contribution in [2.24, 2.45) is 0 Å². The van der Waals surface area contributed by atoms with E-state index in [0.29, 0.717) is 11.5 Å². The average molecular weight is 529 g/mol. The molecule has 0 aliphatic carbocycles. The topological polar surface area (TPSA) is 40.5 Å². The molecule has 0 unspecified atom stereocenters. The Kier molecular flexibility index (Phi) is 8.81. The Bertz CT molecular complexity index is 985. The highest BCUT2D eigenvalue weighted by molar-refractivity contribution is 8.22. The lowest BCUT2D eigenvalue weighted by molar-refractivity contribution is 0.421. The van der Waals surface area contributed by atoms with Crippen LogP contribution in [0.5, 0.6) is 11.5 Å². The number of benzene rings is 2. The Balaban J connectivity index is 2.64. The SMILES string of the molecule is CC(C)=C(Sc1cc(C(C)(C)C)c(O)c(C(C)(C)C)c1)Sc1cc(C(C)(C)C)c(O)c(C(C)(C)C)c1. The average Bonchev–Trinajstić information content (AvgIpc) is 2.65. The summed E-state index contributed by atoms with van der Waals surface area (Å²) in [5.41, 5.74) is 4.48. The molecule has 0 saturated carbocycles. The molecule has 0 aliphatic heterocycles. The second-order valence-electron chi connectivity index (χ2n) is 14.2. The predicted molar refractivity (Wildman–Crippen MR) is 161 cm³/mol. The Labute approximate surface area is 229 Å². The molecule has 0 fully saturated rings. The van der Waals surface area contributed by atoms with E-state index in [2.05, 4.69) is 121 Å². The lowest BCUT2D eigenvalue weighted by atomic mass is 9.79. The maximum Gasteiger partial charge on any atom is 0.123 e. The van der Waals surface area contributed by atoms with Crippen LogP contribution in [0.3, 0.4) is 0 Å². The Hall–Kier alpha value is -1.52. The Morgan fingerprint density at radius 3 is 0.889 bits per heavy atom. The van der Waals surface area contributed by atoms with Crippen molar-refractivity contribution < 1.29 is 10.2 Å². The van der Waals surface area contributed by atoms with E-state index in [-0.39, 0.29) is 21.7 Å². The summed E-state index contributed by atoms with van der Waals surface area (Å²) in [5, 5.41) is 22.3. The Morgan fingerprint density at radius 1 is 0.500 bits per heavy atom. The van der Waals surface area contributed by atoms with Crippen LogP contribution in [0.4, 0.5) is 0 Å². The van der Waals surface area contributed by atoms with Crippen molar-refractivity contribution in [2.75, 3.05) is 0 Å². The zero-order valence-electron chi connectivity index (χ0n) is 25.0. The first-order valence-corrected chi connectivity index (χ1v) is 14.5. The largest absolute Gasteiger partial charge is 0.507 e. The molecule has 200 valence electrons. The van der Waals surface area contributed by atoms with Crippen LogP contribution in [-0.4, -0.2) is 10.2 Å². The summed E-state index contributed by atoms with van der Waals surface area (Å²) in [7, 11) is 0. The van der Waals surface area contributed by atoms with Crippen molar-refractivity contribution in [3.05, 3.63) is 56.3 Å². The summed E-state index contributed by atoms with van der Waals surface area (Å²) in [5.74, 6) is 0.822. The monoisotopic (exact) mass is 528 g/mol. The summed E-state index contributed by atoms with van der Waals surface area (Å²) in [4.78, 5) is 2.27. The van der Waals surface area contributed by atoms with Crippen molar-refractivity contribution in [1.29, 1.82) is 0 Å². The van der Waals surface area contributed by atoms with Crippen molar-refractivity contribution >= 4 is 23.5 Å². The van der Waals surface area contributed by atoms with Crippen LogP contribution >= 0.6 is 23.5 Å². The molecule has 0 atom stereocenters. The number of allylic oxidation sites excluding steroid dienone is 1. The lowest BCUT2D eigenvalue weighted by Gasteiger charge is -2.29. The molecule has 0 aromatic heterocycles. The van der Waals surface area contributed by atoms with Gasteiger partial charge in [-0.1, -0.05) is 112 Å². The van der Waals surface area contributed by atoms with Crippen LogP contribution in [-0.2, 0) is 21.7 Å². The highest BCUT2D eigenvalue weighted by Crippen LogP contribution is 2.49. The third-order valence-electron chi connectivity index (χ3n) is 6.23. The number of rotatable bonds is 4. The van der Waals surface area contributed by atoms with Gasteiger partial charge in [0.05, 0.1) is 0 Å². The molecular weight excluding hydrogens is 480 g/mol. The zero-order valence-corrected chi connectivity index (χ0v) is 26.7. The van der Waals surface area contributed by atoms with E-state index in [1.54, 1.807) is 23.5 Å². The second-order valence-corrected chi connectivity index (χ2v) is 16.7. The first-order valence-electron chi connectivity index (χ1n) is 12.8. The van der Waals surface area contributed by atoms with Gasteiger partial charge < -0.3 is 10.2 Å². The Morgan fingerprint density at radius 2 is 0.722 bits per heavy atom. The third-order valence-corrected chi connectivity index (χ3v) is 8.86. The number of hydrogen-bond acceptors (Lipinski definition) is 4. The molecule has 2 N–H and O–H groups in total. The maximum atomic E-state index is 11.2. The van der Waals surface area contributed by atoms with Crippen molar-refractivity contribution in [2.45, 2.75) is 128 Å². The van der Waals surface area contributed by atoms with Gasteiger partial charge in [0, 0.05) is 36.3 Å². The molecule has 2 nitrogen and oxygen atoms in total. The molecule has 2 aromatic rings. The van der Waals surface area contributed by atoms with Crippen LogP contribution < -0.4 is 0 Å². The van der Waals surface area contributed by atoms with E-state index >= 15 is 0 Å². The summed E-state index contributed by atoms with van der Waals surface area (Å²) < 4.78 is 1.21. The van der Waals surface area contributed by atoms with E-state index in [1.807, 2.05) is 0 Å². The molecule has 0 spiro atoms. The summed E-state index contributed by atoms with van der Waals surface area (Å²) in [6.45, 7) is 30.1. The minimum Gasteiger partial charge on any atom is -0.507 e. The van der Waals surface area contributed by atoms with Crippen LogP contribution in [0.15, 0.2) is 43.9 Å². The van der Waals surface area contributed by atoms with Crippen molar-refractivity contribution in [3.8, 4) is 11.5 Å². The quantitative estimate of drug-likeness (QED) is 0.387. The molecule has 0 radical (unpaired) electrons. The van der Waals surface area contributed by atoms with E-state index in [0.717, 1.165) is 32.0 Å². The number of phenolic OH excluding ortho intramolecular Hbond substituents is 2. The molecule has 36 heavy (non-hydrogen) atoms. The first-order chi connectivity index (χ1) is 16.0. The minimum absolute atomic E-state index is 0.168. The van der Waals surface area contributed by atoms with Crippen LogP contribution in [0.25, 0.3) is 0 Å². The first kappa shape index (κ1) is 30.7. The molecule has 0 aliphatic rings. The van der Waals surface area contributed by atoms with Gasteiger partial charge >= 0.3 is 0 Å². The summed E-state index contributed by atoms with van der Waals surface area (Å²) in [6.07, 6.45) is 0. The highest BCUT2D eigenvalue weighted by Gasteiger charge is 2.29. The predicted octanol–water partition coefficient (Wildman–Crippen LogP) is 10.4.